The molecule has 3 nitrogen and oxygen atoms in total. The maximum Gasteiger partial charge on any atom is 0.330 e. The molecule has 0 amide bonds. The zero-order valence-electron chi connectivity index (χ0n) is 9.29. The van der Waals surface area contributed by atoms with Gasteiger partial charge in [0.15, 0.2) is 0 Å². The fourth-order valence-electron chi connectivity index (χ4n) is 0.805. The minimum Gasteiger partial charge on any atom is -0.463 e. The fraction of sp³-hybridized carbons (Fsp3) is 0.727. The zero-order chi connectivity index (χ0) is 10.8. The molecule has 0 aliphatic heterocycles. The van der Waals surface area contributed by atoms with E-state index in [2.05, 4.69) is 13.8 Å². The van der Waals surface area contributed by atoms with Gasteiger partial charge in [0.1, 0.15) is 0 Å². The predicted molar refractivity (Wildman–Crippen MR) is 56.0 cm³/mol. The second-order valence-corrected chi connectivity index (χ2v) is 3.41. The van der Waals surface area contributed by atoms with E-state index in [0.29, 0.717) is 19.1 Å². The molecule has 14 heavy (non-hydrogen) atoms. The monoisotopic (exact) mass is 200 g/mol. The first kappa shape index (κ1) is 13.2. The number of ether oxygens (including phenoxy) is 2. The molecule has 0 spiro atoms. The molecule has 0 atom stereocenters. The van der Waals surface area contributed by atoms with Gasteiger partial charge in [-0.2, -0.15) is 0 Å². The minimum absolute atomic E-state index is 0.306. The average molecular weight is 200 g/mol. The summed E-state index contributed by atoms with van der Waals surface area (Å²) in [6.45, 7) is 7.72. The van der Waals surface area contributed by atoms with E-state index in [4.69, 9.17) is 9.47 Å². The van der Waals surface area contributed by atoms with Crippen LogP contribution in [0.15, 0.2) is 12.2 Å². The van der Waals surface area contributed by atoms with E-state index in [1.165, 1.54) is 6.08 Å². The van der Waals surface area contributed by atoms with Crippen molar-refractivity contribution in [2.24, 2.45) is 5.92 Å². The summed E-state index contributed by atoms with van der Waals surface area (Å²) in [6.07, 6.45) is 4.13. The SMILES string of the molecule is CCOC(=O)/C=C/COCCC(C)C. The van der Waals surface area contributed by atoms with Gasteiger partial charge in [0.2, 0.25) is 0 Å². The lowest BCUT2D eigenvalue weighted by molar-refractivity contribution is -0.137. The Hall–Kier alpha value is -0.830. The van der Waals surface area contributed by atoms with Crippen LogP contribution in [-0.2, 0) is 14.3 Å². The zero-order valence-corrected chi connectivity index (χ0v) is 9.29. The Bertz CT molecular complexity index is 173. The van der Waals surface area contributed by atoms with Gasteiger partial charge in [-0.05, 0) is 19.3 Å². The highest BCUT2D eigenvalue weighted by Gasteiger charge is 1.94. The molecule has 0 N–H and O–H groups in total. The molecule has 0 aromatic carbocycles. The Kier molecular flexibility index (Phi) is 8.24. The number of hydrogen-bond donors (Lipinski definition) is 0. The summed E-state index contributed by atoms with van der Waals surface area (Å²) < 4.78 is 9.98. The minimum atomic E-state index is -0.306. The molecule has 0 unspecified atom stereocenters. The Labute approximate surface area is 86.1 Å². The topological polar surface area (TPSA) is 35.5 Å². The van der Waals surface area contributed by atoms with Crippen molar-refractivity contribution in [2.75, 3.05) is 19.8 Å². The van der Waals surface area contributed by atoms with E-state index in [1.807, 2.05) is 0 Å². The van der Waals surface area contributed by atoms with Gasteiger partial charge >= 0.3 is 5.97 Å². The van der Waals surface area contributed by atoms with Crippen molar-refractivity contribution >= 4 is 5.97 Å². The smallest absolute Gasteiger partial charge is 0.330 e. The van der Waals surface area contributed by atoms with E-state index < -0.39 is 0 Å². The van der Waals surface area contributed by atoms with Gasteiger partial charge in [-0.3, -0.25) is 0 Å². The van der Waals surface area contributed by atoms with Crippen molar-refractivity contribution in [3.63, 3.8) is 0 Å². The molecule has 82 valence electrons. The summed E-state index contributed by atoms with van der Waals surface area (Å²) in [5.74, 6) is 0.351. The van der Waals surface area contributed by atoms with E-state index in [9.17, 15) is 4.79 Å². The van der Waals surface area contributed by atoms with Gasteiger partial charge in [-0.15, -0.1) is 0 Å². The molecule has 0 fully saturated rings. The Morgan fingerprint density at radius 3 is 2.71 bits per heavy atom. The predicted octanol–water partition coefficient (Wildman–Crippen LogP) is 2.17. The lowest BCUT2D eigenvalue weighted by Gasteiger charge is -2.03. The van der Waals surface area contributed by atoms with Crippen molar-refractivity contribution in [3.05, 3.63) is 12.2 Å². The number of carbonyl (C=O) groups excluding carboxylic acids is 1. The summed E-state index contributed by atoms with van der Waals surface area (Å²) in [7, 11) is 0. The lowest BCUT2D eigenvalue weighted by Crippen LogP contribution is -2.01. The highest BCUT2D eigenvalue weighted by Crippen LogP contribution is 1.98. The van der Waals surface area contributed by atoms with Crippen LogP contribution in [0.1, 0.15) is 27.2 Å². The van der Waals surface area contributed by atoms with Crippen LogP contribution in [0.2, 0.25) is 0 Å². The number of esters is 1. The molecule has 3 heteroatoms. The quantitative estimate of drug-likeness (QED) is 0.359. The molecule has 0 aromatic heterocycles. The average Bonchev–Trinajstić information content (AvgIpc) is 2.11. The van der Waals surface area contributed by atoms with Crippen LogP contribution in [0.3, 0.4) is 0 Å². The van der Waals surface area contributed by atoms with Crippen LogP contribution < -0.4 is 0 Å². The lowest BCUT2D eigenvalue weighted by atomic mass is 10.1. The molecule has 0 saturated heterocycles. The van der Waals surface area contributed by atoms with Crippen molar-refractivity contribution < 1.29 is 14.3 Å². The van der Waals surface area contributed by atoms with Crippen LogP contribution in [0, 0.1) is 5.92 Å². The van der Waals surface area contributed by atoms with E-state index in [1.54, 1.807) is 13.0 Å². The second-order valence-electron chi connectivity index (χ2n) is 3.41. The molecule has 0 aliphatic rings. The van der Waals surface area contributed by atoms with Gasteiger partial charge in [-0.1, -0.05) is 19.9 Å². The van der Waals surface area contributed by atoms with Crippen LogP contribution in [0.5, 0.6) is 0 Å². The van der Waals surface area contributed by atoms with Gasteiger partial charge in [0.25, 0.3) is 0 Å². The van der Waals surface area contributed by atoms with Gasteiger partial charge in [0, 0.05) is 12.7 Å². The third-order valence-corrected chi connectivity index (χ3v) is 1.59. The molecular weight excluding hydrogens is 180 g/mol. The number of hydrogen-bond acceptors (Lipinski definition) is 3. The molecule has 0 heterocycles. The van der Waals surface area contributed by atoms with Crippen LogP contribution >= 0.6 is 0 Å². The van der Waals surface area contributed by atoms with Crippen molar-refractivity contribution in [3.8, 4) is 0 Å². The van der Waals surface area contributed by atoms with E-state index in [-0.39, 0.29) is 5.97 Å². The Balaban J connectivity index is 3.30. The summed E-state index contributed by atoms with van der Waals surface area (Å²) in [5, 5.41) is 0. The summed E-state index contributed by atoms with van der Waals surface area (Å²) in [5.41, 5.74) is 0. The molecule has 0 aliphatic carbocycles. The highest BCUT2D eigenvalue weighted by atomic mass is 16.5. The first-order valence-corrected chi connectivity index (χ1v) is 5.07. The highest BCUT2D eigenvalue weighted by molar-refractivity contribution is 5.81. The fourth-order valence-corrected chi connectivity index (χ4v) is 0.805. The van der Waals surface area contributed by atoms with Crippen LogP contribution in [-0.4, -0.2) is 25.8 Å². The Morgan fingerprint density at radius 2 is 2.14 bits per heavy atom. The first-order valence-electron chi connectivity index (χ1n) is 5.07. The van der Waals surface area contributed by atoms with Crippen LogP contribution in [0.4, 0.5) is 0 Å². The van der Waals surface area contributed by atoms with E-state index in [0.717, 1.165) is 13.0 Å². The van der Waals surface area contributed by atoms with Crippen molar-refractivity contribution in [1.29, 1.82) is 0 Å². The van der Waals surface area contributed by atoms with Crippen molar-refractivity contribution in [1.82, 2.24) is 0 Å². The molecule has 0 rings (SSSR count). The number of rotatable bonds is 7. The first-order chi connectivity index (χ1) is 6.66. The normalized spacial score (nSPS) is 11.1. The van der Waals surface area contributed by atoms with E-state index >= 15 is 0 Å². The third kappa shape index (κ3) is 9.26. The molecular formula is C11H20O3. The molecule has 0 radical (unpaired) electrons. The maximum absolute atomic E-state index is 10.8. The van der Waals surface area contributed by atoms with Gasteiger partial charge in [0.05, 0.1) is 13.2 Å². The van der Waals surface area contributed by atoms with Gasteiger partial charge < -0.3 is 9.47 Å². The summed E-state index contributed by atoms with van der Waals surface area (Å²) in [6, 6.07) is 0. The summed E-state index contributed by atoms with van der Waals surface area (Å²) >= 11 is 0. The largest absolute Gasteiger partial charge is 0.463 e. The number of carbonyl (C=O) groups is 1. The van der Waals surface area contributed by atoms with Crippen molar-refractivity contribution in [2.45, 2.75) is 27.2 Å². The van der Waals surface area contributed by atoms with Crippen LogP contribution in [0.25, 0.3) is 0 Å². The molecule has 0 bridgehead atoms. The Morgan fingerprint density at radius 1 is 1.43 bits per heavy atom. The second kappa shape index (κ2) is 8.75. The maximum atomic E-state index is 10.8. The molecule has 0 saturated carbocycles. The standard InChI is InChI=1S/C11H20O3/c1-4-14-11(12)6-5-8-13-9-7-10(2)3/h5-6,10H,4,7-9H2,1-3H3/b6-5+. The third-order valence-electron chi connectivity index (χ3n) is 1.59. The summed E-state index contributed by atoms with van der Waals surface area (Å²) in [4.78, 5) is 10.8. The molecule has 0 aromatic rings. The van der Waals surface area contributed by atoms with Gasteiger partial charge in [-0.25, -0.2) is 4.79 Å².